The summed E-state index contributed by atoms with van der Waals surface area (Å²) in [6.45, 7) is 4.26. The zero-order chi connectivity index (χ0) is 23.7. The van der Waals surface area contributed by atoms with Crippen LogP contribution in [0.15, 0.2) is 66.9 Å². The minimum Gasteiger partial charge on any atom is -0.508 e. The zero-order valence-corrected chi connectivity index (χ0v) is 19.6. The van der Waals surface area contributed by atoms with Crippen LogP contribution >= 0.6 is 11.6 Å². The van der Waals surface area contributed by atoms with Gasteiger partial charge in [0, 0.05) is 41.8 Å². The van der Waals surface area contributed by atoms with Gasteiger partial charge in [-0.2, -0.15) is 0 Å². The largest absolute Gasteiger partial charge is 0.508 e. The Morgan fingerprint density at radius 2 is 1.85 bits per heavy atom. The van der Waals surface area contributed by atoms with Crippen molar-refractivity contribution in [3.05, 3.63) is 83.0 Å². The van der Waals surface area contributed by atoms with Crippen LogP contribution in [0.5, 0.6) is 5.75 Å². The van der Waals surface area contributed by atoms with E-state index in [-0.39, 0.29) is 17.7 Å². The number of phenolic OH excluding ortho intramolecular Hbond substituents is 1. The summed E-state index contributed by atoms with van der Waals surface area (Å²) in [5, 5.41) is 11.3. The molecule has 0 aliphatic heterocycles. The number of hydrogen-bond acceptors (Lipinski definition) is 4. The Labute approximate surface area is 198 Å². The van der Waals surface area contributed by atoms with Crippen LogP contribution < -0.4 is 5.73 Å². The summed E-state index contributed by atoms with van der Waals surface area (Å²) in [4.78, 5) is 20.0. The number of carbonyl (C=O) groups is 1. The maximum atomic E-state index is 13.7. The Morgan fingerprint density at radius 1 is 1.09 bits per heavy atom. The van der Waals surface area contributed by atoms with Crippen molar-refractivity contribution in [3.63, 3.8) is 0 Å². The van der Waals surface area contributed by atoms with Crippen LogP contribution in [-0.2, 0) is 0 Å². The van der Waals surface area contributed by atoms with Crippen molar-refractivity contribution in [1.82, 2.24) is 9.88 Å². The fraction of sp³-hybridized carbons (Fsp3) is 0.185. The van der Waals surface area contributed by atoms with Crippen molar-refractivity contribution in [1.29, 1.82) is 0 Å². The molecule has 0 fully saturated rings. The van der Waals surface area contributed by atoms with Gasteiger partial charge in [0.2, 0.25) is 0 Å². The molecule has 1 heterocycles. The minimum absolute atomic E-state index is 0.139. The van der Waals surface area contributed by atoms with Crippen LogP contribution in [-0.4, -0.2) is 40.5 Å². The summed E-state index contributed by atoms with van der Waals surface area (Å²) in [5.41, 5.74) is 11.5. The predicted octanol–water partition coefficient (Wildman–Crippen LogP) is 5.66. The van der Waals surface area contributed by atoms with Crippen molar-refractivity contribution in [2.45, 2.75) is 19.9 Å². The molecule has 0 saturated carbocycles. The molecule has 1 amide bonds. The van der Waals surface area contributed by atoms with Crippen LogP contribution in [0, 0.1) is 6.92 Å². The first-order chi connectivity index (χ1) is 15.7. The summed E-state index contributed by atoms with van der Waals surface area (Å²) < 4.78 is 0. The molecule has 1 atom stereocenters. The number of carbonyl (C=O) groups excluding carboxylic acids is 1. The number of benzene rings is 3. The van der Waals surface area contributed by atoms with Crippen LogP contribution in [0.25, 0.3) is 33.2 Å². The van der Waals surface area contributed by atoms with E-state index in [9.17, 15) is 9.90 Å². The van der Waals surface area contributed by atoms with Gasteiger partial charge in [-0.15, -0.1) is 0 Å². The first-order valence-electron chi connectivity index (χ1n) is 10.7. The van der Waals surface area contributed by atoms with E-state index in [0.29, 0.717) is 28.2 Å². The molecule has 33 heavy (non-hydrogen) atoms. The van der Waals surface area contributed by atoms with Gasteiger partial charge in [-0.25, -0.2) is 0 Å². The smallest absolute Gasteiger partial charge is 0.255 e. The lowest BCUT2D eigenvalue weighted by atomic mass is 9.93. The van der Waals surface area contributed by atoms with Gasteiger partial charge in [0.05, 0.1) is 11.1 Å². The molecule has 0 saturated heterocycles. The maximum Gasteiger partial charge on any atom is 0.255 e. The van der Waals surface area contributed by atoms with Gasteiger partial charge in [-0.1, -0.05) is 35.9 Å². The monoisotopic (exact) mass is 459 g/mol. The molecule has 0 aliphatic rings. The van der Waals surface area contributed by atoms with E-state index >= 15 is 0 Å². The number of aryl methyl sites for hydroxylation is 1. The van der Waals surface area contributed by atoms with E-state index in [1.807, 2.05) is 56.3 Å². The number of nitrogens with zero attached hydrogens (tertiary/aromatic N) is 2. The number of phenols is 1. The van der Waals surface area contributed by atoms with E-state index in [0.717, 1.165) is 27.6 Å². The van der Waals surface area contributed by atoms with E-state index in [1.54, 1.807) is 36.3 Å². The van der Waals surface area contributed by atoms with Crippen molar-refractivity contribution in [3.8, 4) is 28.0 Å². The molecule has 3 aromatic carbocycles. The summed E-state index contributed by atoms with van der Waals surface area (Å²) in [5.74, 6) is 0.0437. The Balaban J connectivity index is 1.99. The number of hydrogen-bond donors (Lipinski definition) is 2. The molecular formula is C27H26ClN3O2. The first kappa shape index (κ1) is 22.8. The van der Waals surface area contributed by atoms with Crippen LogP contribution in [0.2, 0.25) is 5.02 Å². The van der Waals surface area contributed by atoms with Gasteiger partial charge in [0.25, 0.3) is 5.91 Å². The standard InChI is InChI=1S/C27H26ClN3O2/c1-16-9-20(11-21(28)10-16)24-14-30-25-8-7-19(18-5-4-6-22(32)12-18)13-23(25)26(24)27(33)31(3)15-17(2)29/h4-14,17,32H,15,29H2,1-3H3/t17-/m0/s1. The summed E-state index contributed by atoms with van der Waals surface area (Å²) >= 11 is 6.35. The molecule has 1 aromatic heterocycles. The van der Waals surface area contributed by atoms with Gasteiger partial charge < -0.3 is 15.7 Å². The van der Waals surface area contributed by atoms with Gasteiger partial charge in [0.1, 0.15) is 5.75 Å². The van der Waals surface area contributed by atoms with Crippen molar-refractivity contribution < 1.29 is 9.90 Å². The second-order valence-corrected chi connectivity index (χ2v) is 8.95. The average molecular weight is 460 g/mol. The molecule has 4 aromatic rings. The molecule has 3 N–H and O–H groups in total. The van der Waals surface area contributed by atoms with Gasteiger partial charge in [0.15, 0.2) is 0 Å². The van der Waals surface area contributed by atoms with E-state index < -0.39 is 0 Å². The SMILES string of the molecule is Cc1cc(Cl)cc(-c2cnc3ccc(-c4cccc(O)c4)cc3c2C(=O)N(C)C[C@H](C)N)c1. The molecule has 0 spiro atoms. The third-order valence-electron chi connectivity index (χ3n) is 5.52. The highest BCUT2D eigenvalue weighted by Gasteiger charge is 2.22. The highest BCUT2D eigenvalue weighted by Crippen LogP contribution is 2.34. The molecule has 5 nitrogen and oxygen atoms in total. The molecule has 168 valence electrons. The Kier molecular flexibility index (Phi) is 6.36. The number of fused-ring (bicyclic) bond motifs is 1. The van der Waals surface area contributed by atoms with Crippen LogP contribution in [0.1, 0.15) is 22.8 Å². The number of nitrogens with two attached hydrogens (primary N) is 1. The highest BCUT2D eigenvalue weighted by molar-refractivity contribution is 6.31. The first-order valence-corrected chi connectivity index (χ1v) is 11.1. The highest BCUT2D eigenvalue weighted by atomic mass is 35.5. The molecular weight excluding hydrogens is 434 g/mol. The molecule has 4 rings (SSSR count). The lowest BCUT2D eigenvalue weighted by Gasteiger charge is -2.22. The number of aromatic nitrogens is 1. The Bertz CT molecular complexity index is 1330. The second kappa shape index (κ2) is 9.22. The number of halogens is 1. The van der Waals surface area contributed by atoms with Gasteiger partial charge >= 0.3 is 0 Å². The number of amides is 1. The number of aromatic hydroxyl groups is 1. The summed E-state index contributed by atoms with van der Waals surface area (Å²) in [7, 11) is 1.75. The average Bonchev–Trinajstić information content (AvgIpc) is 2.76. The lowest BCUT2D eigenvalue weighted by molar-refractivity contribution is 0.0791. The summed E-state index contributed by atoms with van der Waals surface area (Å²) in [6, 6.07) is 18.4. The van der Waals surface area contributed by atoms with Gasteiger partial charge in [-0.05, 0) is 72.5 Å². The quantitative estimate of drug-likeness (QED) is 0.404. The number of rotatable bonds is 5. The second-order valence-electron chi connectivity index (χ2n) is 8.51. The fourth-order valence-corrected chi connectivity index (χ4v) is 4.39. The lowest BCUT2D eigenvalue weighted by Crippen LogP contribution is -2.37. The molecule has 6 heteroatoms. The zero-order valence-electron chi connectivity index (χ0n) is 18.8. The maximum absolute atomic E-state index is 13.7. The van der Waals surface area contributed by atoms with Crippen LogP contribution in [0.3, 0.4) is 0 Å². The number of likely N-dealkylation sites (N-methyl/N-ethyl adjacent to an activating group) is 1. The summed E-state index contributed by atoms with van der Waals surface area (Å²) in [6.07, 6.45) is 1.73. The number of pyridine rings is 1. The van der Waals surface area contributed by atoms with Crippen molar-refractivity contribution in [2.24, 2.45) is 5.73 Å². The van der Waals surface area contributed by atoms with E-state index in [4.69, 9.17) is 17.3 Å². The van der Waals surface area contributed by atoms with E-state index in [2.05, 4.69) is 4.98 Å². The topological polar surface area (TPSA) is 79.5 Å². The van der Waals surface area contributed by atoms with Crippen LogP contribution in [0.4, 0.5) is 0 Å². The van der Waals surface area contributed by atoms with Crippen molar-refractivity contribution in [2.75, 3.05) is 13.6 Å². The third kappa shape index (κ3) is 4.85. The normalized spacial score (nSPS) is 12.0. The molecule has 0 bridgehead atoms. The molecule has 0 radical (unpaired) electrons. The minimum atomic E-state index is -0.160. The Hall–Kier alpha value is -3.41. The molecule has 0 aliphatic carbocycles. The van der Waals surface area contributed by atoms with E-state index in [1.165, 1.54) is 0 Å². The predicted molar refractivity (Wildman–Crippen MR) is 135 cm³/mol. The van der Waals surface area contributed by atoms with Gasteiger partial charge in [-0.3, -0.25) is 9.78 Å². The third-order valence-corrected chi connectivity index (χ3v) is 5.74. The molecule has 0 unspecified atom stereocenters. The fourth-order valence-electron chi connectivity index (χ4n) is 4.10. The Morgan fingerprint density at radius 3 is 2.55 bits per heavy atom. The van der Waals surface area contributed by atoms with Crippen molar-refractivity contribution >= 4 is 28.4 Å².